The van der Waals surface area contributed by atoms with Gasteiger partial charge in [-0.1, -0.05) is 6.07 Å². The molecular weight excluding hydrogens is 293 g/mol. The lowest BCUT2D eigenvalue weighted by Crippen LogP contribution is -2.25. The summed E-state index contributed by atoms with van der Waals surface area (Å²) in [7, 11) is -4.21. The molecule has 0 fully saturated rings. The summed E-state index contributed by atoms with van der Waals surface area (Å²) in [6.45, 7) is -0.440. The van der Waals surface area contributed by atoms with E-state index in [4.69, 9.17) is 0 Å². The smallest absolute Gasteiger partial charge is 0.241 e. The zero-order valence-electron chi connectivity index (χ0n) is 9.98. The molecule has 0 bridgehead atoms. The molecule has 20 heavy (non-hydrogen) atoms. The Morgan fingerprint density at radius 3 is 2.50 bits per heavy atom. The Morgan fingerprint density at radius 1 is 1.10 bits per heavy atom. The number of halogens is 3. The molecule has 0 saturated heterocycles. The Balaban J connectivity index is 2.20. The molecule has 1 aromatic heterocycles. The fourth-order valence-electron chi connectivity index (χ4n) is 1.48. The summed E-state index contributed by atoms with van der Waals surface area (Å²) in [5, 5.41) is -0.775. The Hall–Kier alpha value is -1.93. The van der Waals surface area contributed by atoms with Crippen molar-refractivity contribution >= 4 is 10.0 Å². The van der Waals surface area contributed by atoms with Crippen molar-refractivity contribution in [3.05, 3.63) is 59.5 Å². The second kappa shape index (κ2) is 5.59. The SMILES string of the molecule is O=S(=O)(NCc1ccc(F)cc1F)c1ncccc1F. The van der Waals surface area contributed by atoms with Crippen LogP contribution in [0.4, 0.5) is 13.2 Å². The lowest BCUT2D eigenvalue weighted by atomic mass is 10.2. The number of hydrogen-bond acceptors (Lipinski definition) is 3. The van der Waals surface area contributed by atoms with Gasteiger partial charge in [0.05, 0.1) is 0 Å². The highest BCUT2D eigenvalue weighted by Gasteiger charge is 2.20. The van der Waals surface area contributed by atoms with Crippen LogP contribution >= 0.6 is 0 Å². The molecular formula is C12H9F3N2O2S. The van der Waals surface area contributed by atoms with E-state index in [2.05, 4.69) is 4.98 Å². The standard InChI is InChI=1S/C12H9F3N2O2S/c13-9-4-3-8(11(15)6-9)7-17-20(18,19)12-10(14)2-1-5-16-12/h1-6,17H,7H2. The zero-order valence-corrected chi connectivity index (χ0v) is 10.8. The predicted molar refractivity (Wildman–Crippen MR) is 64.6 cm³/mol. The van der Waals surface area contributed by atoms with Gasteiger partial charge < -0.3 is 0 Å². The molecule has 2 aromatic rings. The van der Waals surface area contributed by atoms with Crippen LogP contribution in [0, 0.1) is 17.5 Å². The van der Waals surface area contributed by atoms with Gasteiger partial charge in [-0.15, -0.1) is 0 Å². The molecule has 0 aliphatic heterocycles. The van der Waals surface area contributed by atoms with Crippen LogP contribution in [-0.4, -0.2) is 13.4 Å². The van der Waals surface area contributed by atoms with Crippen molar-refractivity contribution in [3.63, 3.8) is 0 Å². The van der Waals surface area contributed by atoms with Gasteiger partial charge in [0.15, 0.2) is 5.82 Å². The second-order valence-corrected chi connectivity index (χ2v) is 5.53. The highest BCUT2D eigenvalue weighted by atomic mass is 32.2. The van der Waals surface area contributed by atoms with Crippen molar-refractivity contribution in [2.45, 2.75) is 11.6 Å². The largest absolute Gasteiger partial charge is 0.261 e. The molecule has 0 saturated carbocycles. The summed E-state index contributed by atoms with van der Waals surface area (Å²) < 4.78 is 65.0. The first kappa shape index (κ1) is 14.5. The maximum Gasteiger partial charge on any atom is 0.261 e. The lowest BCUT2D eigenvalue weighted by Gasteiger charge is -2.07. The van der Waals surface area contributed by atoms with Gasteiger partial charge in [-0.2, -0.15) is 0 Å². The Morgan fingerprint density at radius 2 is 1.85 bits per heavy atom. The van der Waals surface area contributed by atoms with E-state index in [-0.39, 0.29) is 5.56 Å². The van der Waals surface area contributed by atoms with Gasteiger partial charge in [0, 0.05) is 24.4 Å². The van der Waals surface area contributed by atoms with Crippen LogP contribution in [0.2, 0.25) is 0 Å². The van der Waals surface area contributed by atoms with Gasteiger partial charge in [-0.3, -0.25) is 0 Å². The zero-order chi connectivity index (χ0) is 14.8. The summed E-state index contributed by atoms with van der Waals surface area (Å²) in [5.74, 6) is -2.68. The van der Waals surface area contributed by atoms with E-state index in [1.54, 1.807) is 0 Å². The molecule has 4 nitrogen and oxygen atoms in total. The molecule has 8 heteroatoms. The maximum absolute atomic E-state index is 13.3. The Labute approximate surface area is 113 Å². The van der Waals surface area contributed by atoms with E-state index in [0.29, 0.717) is 6.07 Å². The van der Waals surface area contributed by atoms with E-state index in [1.807, 2.05) is 4.72 Å². The van der Waals surface area contributed by atoms with E-state index in [9.17, 15) is 21.6 Å². The number of nitrogens with one attached hydrogen (secondary N) is 1. The molecule has 0 spiro atoms. The number of rotatable bonds is 4. The van der Waals surface area contributed by atoms with E-state index in [1.165, 1.54) is 6.07 Å². The minimum absolute atomic E-state index is 0.0636. The van der Waals surface area contributed by atoms with Crippen molar-refractivity contribution in [1.29, 1.82) is 0 Å². The molecule has 0 unspecified atom stereocenters. The van der Waals surface area contributed by atoms with Crippen molar-refractivity contribution < 1.29 is 21.6 Å². The van der Waals surface area contributed by atoms with E-state index in [0.717, 1.165) is 24.4 Å². The van der Waals surface area contributed by atoms with Crippen LogP contribution in [0.5, 0.6) is 0 Å². The molecule has 1 heterocycles. The Bertz CT molecular complexity index is 735. The molecule has 0 atom stereocenters. The second-order valence-electron chi connectivity index (χ2n) is 3.85. The molecule has 106 valence electrons. The number of benzene rings is 1. The fraction of sp³-hybridized carbons (Fsp3) is 0.0833. The van der Waals surface area contributed by atoms with E-state index >= 15 is 0 Å². The average Bonchev–Trinajstić information content (AvgIpc) is 2.38. The van der Waals surface area contributed by atoms with Crippen LogP contribution < -0.4 is 4.72 Å². The van der Waals surface area contributed by atoms with Crippen LogP contribution in [0.25, 0.3) is 0 Å². The van der Waals surface area contributed by atoms with Crippen molar-refractivity contribution in [1.82, 2.24) is 9.71 Å². The first-order valence-corrected chi connectivity index (χ1v) is 6.92. The van der Waals surface area contributed by atoms with Gasteiger partial charge in [0.1, 0.15) is 11.6 Å². The van der Waals surface area contributed by atoms with Crippen molar-refractivity contribution in [2.75, 3.05) is 0 Å². The predicted octanol–water partition coefficient (Wildman–Crippen LogP) is 1.98. The number of nitrogens with zero attached hydrogens (tertiary/aromatic N) is 1. The molecule has 0 radical (unpaired) electrons. The number of pyridine rings is 1. The third-order valence-corrected chi connectivity index (χ3v) is 3.78. The van der Waals surface area contributed by atoms with Gasteiger partial charge >= 0.3 is 0 Å². The fourth-order valence-corrected chi connectivity index (χ4v) is 2.48. The number of aromatic nitrogens is 1. The lowest BCUT2D eigenvalue weighted by molar-refractivity contribution is 0.541. The summed E-state index contributed by atoms with van der Waals surface area (Å²) >= 11 is 0. The minimum Gasteiger partial charge on any atom is -0.241 e. The van der Waals surface area contributed by atoms with Gasteiger partial charge in [0.25, 0.3) is 10.0 Å². The molecule has 1 N–H and O–H groups in total. The van der Waals surface area contributed by atoms with Crippen LogP contribution in [0.15, 0.2) is 41.6 Å². The van der Waals surface area contributed by atoms with Gasteiger partial charge in [-0.25, -0.2) is 31.3 Å². The first-order chi connectivity index (χ1) is 9.40. The molecule has 2 rings (SSSR count). The quantitative estimate of drug-likeness (QED) is 0.939. The van der Waals surface area contributed by atoms with Crippen LogP contribution in [0.3, 0.4) is 0 Å². The Kier molecular flexibility index (Phi) is 4.05. The summed E-state index contributed by atoms with van der Waals surface area (Å²) in [6.07, 6.45) is 1.12. The first-order valence-electron chi connectivity index (χ1n) is 5.44. The molecule has 1 aromatic carbocycles. The number of sulfonamides is 1. The topological polar surface area (TPSA) is 59.1 Å². The van der Waals surface area contributed by atoms with Crippen molar-refractivity contribution in [2.24, 2.45) is 0 Å². The highest BCUT2D eigenvalue weighted by molar-refractivity contribution is 7.89. The highest BCUT2D eigenvalue weighted by Crippen LogP contribution is 2.13. The summed E-state index contributed by atoms with van der Waals surface area (Å²) in [6, 6.07) is 4.91. The molecule has 0 aliphatic carbocycles. The third-order valence-electron chi connectivity index (χ3n) is 2.45. The number of hydrogen-bond donors (Lipinski definition) is 1. The normalized spacial score (nSPS) is 11.6. The average molecular weight is 302 g/mol. The van der Waals surface area contributed by atoms with Crippen LogP contribution in [-0.2, 0) is 16.6 Å². The van der Waals surface area contributed by atoms with Gasteiger partial charge in [0.2, 0.25) is 5.03 Å². The summed E-state index contributed by atoms with van der Waals surface area (Å²) in [5.41, 5.74) is -0.0636. The van der Waals surface area contributed by atoms with E-state index < -0.39 is 39.0 Å². The molecule has 0 amide bonds. The summed E-state index contributed by atoms with van der Waals surface area (Å²) in [4.78, 5) is 3.42. The minimum atomic E-state index is -4.21. The van der Waals surface area contributed by atoms with Crippen LogP contribution in [0.1, 0.15) is 5.56 Å². The monoisotopic (exact) mass is 302 g/mol. The molecule has 0 aliphatic rings. The maximum atomic E-state index is 13.3. The van der Waals surface area contributed by atoms with Gasteiger partial charge in [-0.05, 0) is 18.2 Å². The van der Waals surface area contributed by atoms with Crippen molar-refractivity contribution in [3.8, 4) is 0 Å². The third kappa shape index (κ3) is 3.14.